The van der Waals surface area contributed by atoms with E-state index in [4.69, 9.17) is 15.2 Å². The molecule has 0 aliphatic carbocycles. The minimum absolute atomic E-state index is 0.141. The number of primary amides is 1. The third kappa shape index (κ3) is 4.20. The summed E-state index contributed by atoms with van der Waals surface area (Å²) in [6.45, 7) is 4.65. The van der Waals surface area contributed by atoms with Crippen molar-refractivity contribution in [3.05, 3.63) is 45.4 Å². The van der Waals surface area contributed by atoms with Crippen LogP contribution in [-0.4, -0.2) is 42.2 Å². The molecule has 3 N–H and O–H groups in total. The average Bonchev–Trinajstić information content (AvgIpc) is 2.95. The lowest BCUT2D eigenvalue weighted by atomic mass is 10.1. The third-order valence-electron chi connectivity index (χ3n) is 4.16. The van der Waals surface area contributed by atoms with Crippen molar-refractivity contribution >= 4 is 23.2 Å². The zero-order valence-electron chi connectivity index (χ0n) is 14.7. The Bertz CT molecular complexity index is 803. The van der Waals surface area contributed by atoms with Gasteiger partial charge in [-0.25, -0.2) is 4.98 Å². The van der Waals surface area contributed by atoms with Crippen LogP contribution in [-0.2, 0) is 4.74 Å². The van der Waals surface area contributed by atoms with Crippen molar-refractivity contribution in [1.82, 2.24) is 10.3 Å². The molecule has 1 aromatic carbocycles. The molecule has 2 amide bonds. The molecule has 1 aliphatic heterocycles. The van der Waals surface area contributed by atoms with Gasteiger partial charge in [0.2, 0.25) is 5.91 Å². The SMILES string of the molecule is Cc1nc(C)c(C(=O)NC2CCOCC2Oc2ccc(C(N)=O)cc2)s1. The summed E-state index contributed by atoms with van der Waals surface area (Å²) in [5, 5.41) is 3.90. The summed E-state index contributed by atoms with van der Waals surface area (Å²) in [5.74, 6) is -0.0369. The summed E-state index contributed by atoms with van der Waals surface area (Å²) in [6, 6.07) is 6.42. The molecule has 138 valence electrons. The van der Waals surface area contributed by atoms with Crippen molar-refractivity contribution in [2.75, 3.05) is 13.2 Å². The first kappa shape index (κ1) is 18.3. The van der Waals surface area contributed by atoms with Gasteiger partial charge < -0.3 is 20.5 Å². The molecular formula is C18H21N3O4S. The van der Waals surface area contributed by atoms with Crippen molar-refractivity contribution in [3.63, 3.8) is 0 Å². The molecule has 3 rings (SSSR count). The Balaban J connectivity index is 1.68. The molecule has 1 saturated heterocycles. The summed E-state index contributed by atoms with van der Waals surface area (Å²) in [6.07, 6.45) is 0.341. The number of hydrogen-bond acceptors (Lipinski definition) is 6. The highest BCUT2D eigenvalue weighted by Gasteiger charge is 2.30. The number of carbonyl (C=O) groups excluding carboxylic acids is 2. The lowest BCUT2D eigenvalue weighted by Crippen LogP contribution is -2.51. The Morgan fingerprint density at radius 1 is 1.31 bits per heavy atom. The predicted octanol–water partition coefficient (Wildman–Crippen LogP) is 1.83. The van der Waals surface area contributed by atoms with E-state index >= 15 is 0 Å². The number of nitrogens with two attached hydrogens (primary N) is 1. The van der Waals surface area contributed by atoms with Gasteiger partial charge >= 0.3 is 0 Å². The number of ether oxygens (including phenoxy) is 2. The monoisotopic (exact) mass is 375 g/mol. The van der Waals surface area contributed by atoms with Crippen LogP contribution in [0.4, 0.5) is 0 Å². The highest BCUT2D eigenvalue weighted by molar-refractivity contribution is 7.13. The average molecular weight is 375 g/mol. The quantitative estimate of drug-likeness (QED) is 0.830. The molecule has 0 radical (unpaired) electrons. The molecular weight excluding hydrogens is 354 g/mol. The number of benzene rings is 1. The van der Waals surface area contributed by atoms with Gasteiger partial charge in [0.15, 0.2) is 0 Å². The number of amides is 2. The second-order valence-electron chi connectivity index (χ2n) is 6.14. The first-order valence-corrected chi connectivity index (χ1v) is 9.15. The van der Waals surface area contributed by atoms with Crippen LogP contribution < -0.4 is 15.8 Å². The summed E-state index contributed by atoms with van der Waals surface area (Å²) in [4.78, 5) is 28.6. The zero-order valence-corrected chi connectivity index (χ0v) is 15.5. The molecule has 2 heterocycles. The summed E-state index contributed by atoms with van der Waals surface area (Å²) >= 11 is 1.38. The molecule has 0 bridgehead atoms. The van der Waals surface area contributed by atoms with E-state index in [9.17, 15) is 9.59 Å². The smallest absolute Gasteiger partial charge is 0.263 e. The van der Waals surface area contributed by atoms with Crippen molar-refractivity contribution < 1.29 is 19.1 Å². The maximum absolute atomic E-state index is 12.6. The van der Waals surface area contributed by atoms with Gasteiger partial charge in [-0.05, 0) is 44.5 Å². The van der Waals surface area contributed by atoms with Crippen LogP contribution in [0.1, 0.15) is 37.2 Å². The Labute approximate surface area is 155 Å². The third-order valence-corrected chi connectivity index (χ3v) is 5.23. The van der Waals surface area contributed by atoms with Gasteiger partial charge in [0, 0.05) is 12.2 Å². The van der Waals surface area contributed by atoms with Crippen LogP contribution in [0.2, 0.25) is 0 Å². The van der Waals surface area contributed by atoms with Crippen LogP contribution in [0.25, 0.3) is 0 Å². The van der Waals surface area contributed by atoms with Gasteiger partial charge in [-0.2, -0.15) is 0 Å². The summed E-state index contributed by atoms with van der Waals surface area (Å²) in [5.41, 5.74) is 6.39. The Hall–Kier alpha value is -2.45. The molecule has 26 heavy (non-hydrogen) atoms. The Morgan fingerprint density at radius 3 is 2.65 bits per heavy atom. The molecule has 7 nitrogen and oxygen atoms in total. The Morgan fingerprint density at radius 2 is 2.04 bits per heavy atom. The van der Waals surface area contributed by atoms with Crippen molar-refractivity contribution in [1.29, 1.82) is 0 Å². The first-order valence-electron chi connectivity index (χ1n) is 8.33. The molecule has 8 heteroatoms. The van der Waals surface area contributed by atoms with E-state index in [1.165, 1.54) is 11.3 Å². The fraction of sp³-hybridized carbons (Fsp3) is 0.389. The maximum atomic E-state index is 12.6. The van der Waals surface area contributed by atoms with Gasteiger partial charge in [0.05, 0.1) is 23.4 Å². The minimum Gasteiger partial charge on any atom is -0.486 e. The number of nitrogens with zero attached hydrogens (tertiary/aromatic N) is 1. The van der Waals surface area contributed by atoms with Crippen LogP contribution >= 0.6 is 11.3 Å². The topological polar surface area (TPSA) is 104 Å². The minimum atomic E-state index is -0.488. The largest absolute Gasteiger partial charge is 0.486 e. The molecule has 1 fully saturated rings. The first-order chi connectivity index (χ1) is 12.4. The van der Waals surface area contributed by atoms with E-state index in [0.717, 1.165) is 10.7 Å². The fourth-order valence-corrected chi connectivity index (χ4v) is 3.66. The number of aryl methyl sites for hydroxylation is 2. The van der Waals surface area contributed by atoms with E-state index < -0.39 is 5.91 Å². The zero-order chi connectivity index (χ0) is 18.7. The number of hydrogen-bond donors (Lipinski definition) is 2. The summed E-state index contributed by atoms with van der Waals surface area (Å²) < 4.78 is 11.5. The van der Waals surface area contributed by atoms with E-state index in [2.05, 4.69) is 10.3 Å². The number of aromatic nitrogens is 1. The van der Waals surface area contributed by atoms with Gasteiger partial charge in [-0.15, -0.1) is 11.3 Å². The summed E-state index contributed by atoms with van der Waals surface area (Å²) in [7, 11) is 0. The lowest BCUT2D eigenvalue weighted by molar-refractivity contribution is -0.0134. The highest BCUT2D eigenvalue weighted by atomic mass is 32.1. The van der Waals surface area contributed by atoms with E-state index in [1.807, 2.05) is 13.8 Å². The molecule has 2 atom stereocenters. The molecule has 1 aliphatic rings. The standard InChI is InChI=1S/C18H21N3O4S/c1-10-16(26-11(2)20-10)18(23)21-14-7-8-24-9-15(14)25-13-5-3-12(4-6-13)17(19)22/h3-6,14-15H,7-9H2,1-2H3,(H2,19,22)(H,21,23). The Kier molecular flexibility index (Phi) is 5.53. The number of rotatable bonds is 5. The van der Waals surface area contributed by atoms with Crippen molar-refractivity contribution in [3.8, 4) is 5.75 Å². The van der Waals surface area contributed by atoms with Gasteiger partial charge in [-0.3, -0.25) is 9.59 Å². The molecule has 1 aromatic heterocycles. The number of carbonyl (C=O) groups is 2. The van der Waals surface area contributed by atoms with Crippen LogP contribution in [0.5, 0.6) is 5.75 Å². The molecule has 2 unspecified atom stereocenters. The second kappa shape index (κ2) is 7.84. The van der Waals surface area contributed by atoms with Crippen molar-refractivity contribution in [2.24, 2.45) is 5.73 Å². The van der Waals surface area contributed by atoms with Gasteiger partial charge in [0.1, 0.15) is 16.7 Å². The van der Waals surface area contributed by atoms with Crippen molar-refractivity contribution in [2.45, 2.75) is 32.4 Å². The van der Waals surface area contributed by atoms with Crippen LogP contribution in [0.15, 0.2) is 24.3 Å². The van der Waals surface area contributed by atoms with Crippen LogP contribution in [0.3, 0.4) is 0 Å². The number of thiazole rings is 1. The van der Waals surface area contributed by atoms with Gasteiger partial charge in [-0.1, -0.05) is 0 Å². The fourth-order valence-electron chi connectivity index (χ4n) is 2.84. The number of nitrogens with one attached hydrogen (secondary N) is 1. The maximum Gasteiger partial charge on any atom is 0.263 e. The highest BCUT2D eigenvalue weighted by Crippen LogP contribution is 2.21. The normalized spacial score (nSPS) is 19.8. The molecule has 2 aromatic rings. The van der Waals surface area contributed by atoms with E-state index in [0.29, 0.717) is 35.8 Å². The second-order valence-corrected chi connectivity index (χ2v) is 7.34. The predicted molar refractivity (Wildman–Crippen MR) is 97.7 cm³/mol. The van der Waals surface area contributed by atoms with Gasteiger partial charge in [0.25, 0.3) is 5.91 Å². The molecule has 0 saturated carbocycles. The van der Waals surface area contributed by atoms with Crippen LogP contribution in [0, 0.1) is 13.8 Å². The molecule has 0 spiro atoms. The van der Waals surface area contributed by atoms with E-state index in [1.54, 1.807) is 24.3 Å². The van der Waals surface area contributed by atoms with E-state index in [-0.39, 0.29) is 18.1 Å². The lowest BCUT2D eigenvalue weighted by Gasteiger charge is -2.32.